The number of benzene rings is 1. The molecule has 1 aromatic carbocycles. The van der Waals surface area contributed by atoms with E-state index in [1.807, 2.05) is 37.8 Å². The molecule has 1 atom stereocenters. The fourth-order valence-corrected chi connectivity index (χ4v) is 3.02. The summed E-state index contributed by atoms with van der Waals surface area (Å²) in [6.07, 6.45) is 3.04. The van der Waals surface area contributed by atoms with E-state index in [-0.39, 0.29) is 12.1 Å². The Bertz CT molecular complexity index is 537. The van der Waals surface area contributed by atoms with Crippen molar-refractivity contribution < 1.29 is 9.53 Å². The molecule has 1 fully saturated rings. The summed E-state index contributed by atoms with van der Waals surface area (Å²) in [5, 5.41) is 0. The van der Waals surface area contributed by atoms with E-state index in [1.165, 1.54) is 0 Å². The summed E-state index contributed by atoms with van der Waals surface area (Å²) in [5.74, 6) is 0. The van der Waals surface area contributed by atoms with Crippen molar-refractivity contribution in [3.63, 3.8) is 0 Å². The maximum atomic E-state index is 12.5. The Hall–Kier alpha value is -1.91. The number of hydrogen-bond acceptors (Lipinski definition) is 4. The molecule has 0 aliphatic carbocycles. The molecule has 5 heteroatoms. The normalized spacial score (nSPS) is 18.6. The highest BCUT2D eigenvalue weighted by molar-refractivity contribution is 5.69. The van der Waals surface area contributed by atoms with Gasteiger partial charge in [0.1, 0.15) is 5.60 Å². The Morgan fingerprint density at radius 1 is 1.25 bits per heavy atom. The molecule has 0 spiro atoms. The van der Waals surface area contributed by atoms with E-state index in [1.54, 1.807) is 0 Å². The van der Waals surface area contributed by atoms with Gasteiger partial charge in [-0.3, -0.25) is 0 Å². The van der Waals surface area contributed by atoms with Gasteiger partial charge in [-0.2, -0.15) is 0 Å². The number of piperazine rings is 1. The smallest absolute Gasteiger partial charge is 0.410 e. The molecule has 134 valence electrons. The predicted molar refractivity (Wildman–Crippen MR) is 99.3 cm³/mol. The van der Waals surface area contributed by atoms with Crippen molar-refractivity contribution in [2.75, 3.05) is 30.3 Å². The van der Waals surface area contributed by atoms with Gasteiger partial charge in [0.25, 0.3) is 0 Å². The molecule has 1 saturated heterocycles. The molecule has 5 nitrogen and oxygen atoms in total. The third-order valence-corrected chi connectivity index (χ3v) is 4.26. The molecule has 0 radical (unpaired) electrons. The van der Waals surface area contributed by atoms with Crippen LogP contribution in [0.1, 0.15) is 47.0 Å². The molecule has 2 N–H and O–H groups in total. The van der Waals surface area contributed by atoms with Gasteiger partial charge >= 0.3 is 6.09 Å². The van der Waals surface area contributed by atoms with E-state index in [9.17, 15) is 4.79 Å². The first-order valence-corrected chi connectivity index (χ1v) is 8.90. The maximum absolute atomic E-state index is 12.5. The predicted octanol–water partition coefficient (Wildman–Crippen LogP) is 3.88. The van der Waals surface area contributed by atoms with Crippen molar-refractivity contribution in [1.29, 1.82) is 0 Å². The molecule has 1 aliphatic heterocycles. The van der Waals surface area contributed by atoms with E-state index >= 15 is 0 Å². The van der Waals surface area contributed by atoms with Gasteiger partial charge in [0.05, 0.1) is 6.04 Å². The molecule has 1 heterocycles. The van der Waals surface area contributed by atoms with Gasteiger partial charge in [0, 0.05) is 31.0 Å². The highest BCUT2D eigenvalue weighted by atomic mass is 16.6. The molecule has 1 aliphatic rings. The summed E-state index contributed by atoms with van der Waals surface area (Å²) in [6, 6.07) is 8.14. The Labute approximate surface area is 145 Å². The second-order valence-electron chi connectivity index (χ2n) is 7.51. The second kappa shape index (κ2) is 7.77. The lowest BCUT2D eigenvalue weighted by molar-refractivity contribution is 0.0130. The van der Waals surface area contributed by atoms with Gasteiger partial charge < -0.3 is 20.3 Å². The number of carbonyl (C=O) groups is 1. The van der Waals surface area contributed by atoms with Gasteiger partial charge in [-0.15, -0.1) is 0 Å². The molecular weight excluding hydrogens is 302 g/mol. The number of ether oxygens (including phenoxy) is 1. The molecule has 1 unspecified atom stereocenters. The quantitative estimate of drug-likeness (QED) is 0.849. The van der Waals surface area contributed by atoms with Crippen molar-refractivity contribution in [3.05, 3.63) is 24.3 Å². The number of nitrogens with two attached hydrogens (primary N) is 1. The summed E-state index contributed by atoms with van der Waals surface area (Å²) < 4.78 is 5.60. The second-order valence-corrected chi connectivity index (χ2v) is 7.51. The van der Waals surface area contributed by atoms with Crippen LogP contribution in [0.4, 0.5) is 16.2 Å². The summed E-state index contributed by atoms with van der Waals surface area (Å²) in [6.45, 7) is 10.3. The largest absolute Gasteiger partial charge is 0.444 e. The first-order valence-electron chi connectivity index (χ1n) is 8.90. The maximum Gasteiger partial charge on any atom is 0.410 e. The molecule has 1 amide bonds. The van der Waals surface area contributed by atoms with Crippen LogP contribution in [0.25, 0.3) is 0 Å². The van der Waals surface area contributed by atoms with Crippen molar-refractivity contribution in [1.82, 2.24) is 4.90 Å². The lowest BCUT2D eigenvalue weighted by Crippen LogP contribution is -2.56. The van der Waals surface area contributed by atoms with Crippen LogP contribution in [0.15, 0.2) is 24.3 Å². The minimum Gasteiger partial charge on any atom is -0.444 e. The number of rotatable bonds is 4. The van der Waals surface area contributed by atoms with Gasteiger partial charge in [-0.1, -0.05) is 19.8 Å². The summed E-state index contributed by atoms with van der Waals surface area (Å²) in [5.41, 5.74) is 7.26. The Balaban J connectivity index is 2.08. The number of nitrogens with zero attached hydrogens (tertiary/aromatic N) is 2. The molecule has 1 aromatic rings. The third kappa shape index (κ3) is 5.05. The van der Waals surface area contributed by atoms with E-state index in [0.717, 1.165) is 43.7 Å². The van der Waals surface area contributed by atoms with Gasteiger partial charge in [-0.05, 0) is 51.5 Å². The highest BCUT2D eigenvalue weighted by Gasteiger charge is 2.33. The topological polar surface area (TPSA) is 58.8 Å². The fraction of sp³-hybridized carbons (Fsp3) is 0.632. The average molecular weight is 333 g/mol. The van der Waals surface area contributed by atoms with Gasteiger partial charge in [0.15, 0.2) is 0 Å². The molecule has 0 saturated carbocycles. The fourth-order valence-electron chi connectivity index (χ4n) is 3.02. The number of carbonyl (C=O) groups excluding carboxylic acids is 1. The number of unbranched alkanes of at least 4 members (excludes halogenated alkanes) is 1. The minimum absolute atomic E-state index is 0.186. The van der Waals surface area contributed by atoms with Crippen molar-refractivity contribution in [2.45, 2.75) is 58.6 Å². The lowest BCUT2D eigenvalue weighted by Gasteiger charge is -2.42. The third-order valence-electron chi connectivity index (χ3n) is 4.26. The Morgan fingerprint density at radius 2 is 1.92 bits per heavy atom. The number of anilines is 2. The van der Waals surface area contributed by atoms with E-state index < -0.39 is 5.60 Å². The van der Waals surface area contributed by atoms with Gasteiger partial charge in [-0.25, -0.2) is 4.79 Å². The average Bonchev–Trinajstić information content (AvgIpc) is 2.51. The minimum atomic E-state index is -0.458. The summed E-state index contributed by atoms with van der Waals surface area (Å²) in [7, 11) is 0. The zero-order valence-corrected chi connectivity index (χ0v) is 15.4. The van der Waals surface area contributed by atoms with Crippen LogP contribution >= 0.6 is 0 Å². The van der Waals surface area contributed by atoms with Crippen LogP contribution in [0.5, 0.6) is 0 Å². The standard InChI is InChI=1S/C19H31N3O2/c1-5-6-7-17-14-21(16-10-8-15(20)9-11-16)12-13-22(17)18(23)24-19(2,3)4/h8-11,17H,5-7,12-14,20H2,1-4H3. The molecule has 24 heavy (non-hydrogen) atoms. The van der Waals surface area contributed by atoms with Crippen LogP contribution in [0.2, 0.25) is 0 Å². The summed E-state index contributed by atoms with van der Waals surface area (Å²) in [4.78, 5) is 16.8. The van der Waals surface area contributed by atoms with Crippen LogP contribution in [-0.4, -0.2) is 42.3 Å². The monoisotopic (exact) mass is 333 g/mol. The first kappa shape index (κ1) is 18.4. The number of nitrogen functional groups attached to an aromatic ring is 1. The van der Waals surface area contributed by atoms with Crippen LogP contribution < -0.4 is 10.6 Å². The lowest BCUT2D eigenvalue weighted by atomic mass is 10.0. The first-order chi connectivity index (χ1) is 11.3. The zero-order valence-electron chi connectivity index (χ0n) is 15.4. The summed E-state index contributed by atoms with van der Waals surface area (Å²) >= 11 is 0. The van der Waals surface area contributed by atoms with E-state index in [4.69, 9.17) is 10.5 Å². The molecular formula is C19H31N3O2. The van der Waals surface area contributed by atoms with E-state index in [0.29, 0.717) is 6.54 Å². The molecule has 0 bridgehead atoms. The van der Waals surface area contributed by atoms with Crippen molar-refractivity contribution in [3.8, 4) is 0 Å². The highest BCUT2D eigenvalue weighted by Crippen LogP contribution is 2.24. The Morgan fingerprint density at radius 3 is 2.50 bits per heavy atom. The van der Waals surface area contributed by atoms with Crippen molar-refractivity contribution >= 4 is 17.5 Å². The Kier molecular flexibility index (Phi) is 5.97. The molecule has 0 aromatic heterocycles. The van der Waals surface area contributed by atoms with Gasteiger partial charge in [0.2, 0.25) is 0 Å². The zero-order chi connectivity index (χ0) is 17.7. The van der Waals surface area contributed by atoms with Crippen LogP contribution in [0.3, 0.4) is 0 Å². The van der Waals surface area contributed by atoms with Crippen LogP contribution in [-0.2, 0) is 4.74 Å². The number of hydrogen-bond donors (Lipinski definition) is 1. The van der Waals surface area contributed by atoms with Crippen molar-refractivity contribution in [2.24, 2.45) is 0 Å². The van der Waals surface area contributed by atoms with E-state index in [2.05, 4.69) is 24.0 Å². The van der Waals surface area contributed by atoms with Crippen LogP contribution in [0, 0.1) is 0 Å². The SMILES string of the molecule is CCCCC1CN(c2ccc(N)cc2)CCN1C(=O)OC(C)(C)C. The molecule has 2 rings (SSSR count). The number of amides is 1.